The second kappa shape index (κ2) is 22.7. The average Bonchev–Trinajstić information content (AvgIpc) is 3.70. The molecule has 0 aromatic heterocycles. The molecule has 0 aliphatic carbocycles. The number of nitrogens with zero attached hydrogens (tertiary/aromatic N) is 1. The number of amides is 6. The fourth-order valence-corrected chi connectivity index (χ4v) is 6.80. The zero-order chi connectivity index (χ0) is 47.2. The van der Waals surface area contributed by atoms with Crippen LogP contribution in [0.4, 0.5) is 17.6 Å². The van der Waals surface area contributed by atoms with E-state index in [1.165, 1.54) is 12.1 Å². The predicted octanol–water partition coefficient (Wildman–Crippen LogP) is 1.79. The Balaban J connectivity index is 1.59. The lowest BCUT2D eigenvalue weighted by atomic mass is 10.0. The van der Waals surface area contributed by atoms with Crippen LogP contribution in [0.2, 0.25) is 0 Å². The maximum absolute atomic E-state index is 15.0. The van der Waals surface area contributed by atoms with Crippen LogP contribution < -0.4 is 27.0 Å². The van der Waals surface area contributed by atoms with E-state index in [0.29, 0.717) is 11.1 Å². The number of rotatable bonds is 22. The minimum absolute atomic E-state index is 0.0319. The summed E-state index contributed by atoms with van der Waals surface area (Å²) in [5.74, 6) is -22.1. The van der Waals surface area contributed by atoms with Gasteiger partial charge in [0.2, 0.25) is 29.4 Å². The van der Waals surface area contributed by atoms with Gasteiger partial charge in [0.25, 0.3) is 11.8 Å². The van der Waals surface area contributed by atoms with Gasteiger partial charge in [-0.1, -0.05) is 74.0 Å². The number of ketones is 1. The fraction of sp³-hybridized carbons (Fsp3) is 0.357. The van der Waals surface area contributed by atoms with Crippen molar-refractivity contribution in [2.75, 3.05) is 13.1 Å². The Bertz CT molecular complexity index is 2270. The maximum Gasteiger partial charge on any atom is 0.339 e. The van der Waals surface area contributed by atoms with E-state index in [0.717, 1.165) is 4.90 Å². The van der Waals surface area contributed by atoms with Gasteiger partial charge in [-0.15, -0.1) is 0 Å². The SMILES string of the molecule is CCCC(NC(=O)[C@@H]1C[C@@H](OCc2ccccc2)CN1C(=O)[C@H](CCCC(=O)O)NC(=O)c1c(F)c(F)c(F)c(F)c1C(=O)O)C(=O)C(=O)NCC(=O)NC(C(N)=O)c1ccccc1. The number of carboxylic acids is 2. The van der Waals surface area contributed by atoms with E-state index in [-0.39, 0.29) is 32.3 Å². The summed E-state index contributed by atoms with van der Waals surface area (Å²) in [5.41, 5.74) is 2.73. The molecule has 1 fully saturated rings. The minimum atomic E-state index is -2.54. The first kappa shape index (κ1) is 49.4. The van der Waals surface area contributed by atoms with E-state index < -0.39 is 144 Å². The Hall–Kier alpha value is -7.23. The number of aliphatic carboxylic acids is 1. The molecule has 0 bridgehead atoms. The summed E-state index contributed by atoms with van der Waals surface area (Å²) in [6, 6.07) is 10.2. The van der Waals surface area contributed by atoms with Gasteiger partial charge in [0.1, 0.15) is 23.7 Å². The fourth-order valence-electron chi connectivity index (χ4n) is 6.80. The van der Waals surface area contributed by atoms with Crippen molar-refractivity contribution >= 4 is 53.2 Å². The number of carbonyl (C=O) groups is 9. The number of halogens is 4. The quantitative estimate of drug-likeness (QED) is 0.0329. The summed E-state index contributed by atoms with van der Waals surface area (Å²) in [6.45, 7) is 0.395. The lowest BCUT2D eigenvalue weighted by Gasteiger charge is -2.29. The van der Waals surface area contributed by atoms with Crippen LogP contribution in [0, 0.1) is 23.3 Å². The second-order valence-electron chi connectivity index (χ2n) is 14.5. The van der Waals surface area contributed by atoms with E-state index in [1.807, 2.05) is 5.32 Å². The van der Waals surface area contributed by atoms with Crippen molar-refractivity contribution in [1.29, 1.82) is 0 Å². The Morgan fingerprint density at radius 1 is 0.797 bits per heavy atom. The van der Waals surface area contributed by atoms with Crippen molar-refractivity contribution in [3.63, 3.8) is 0 Å². The average molecular weight is 901 g/mol. The zero-order valence-electron chi connectivity index (χ0n) is 34.0. The number of carboxylic acid groups (broad SMARTS) is 2. The highest BCUT2D eigenvalue weighted by atomic mass is 19.2. The van der Waals surface area contributed by atoms with Crippen molar-refractivity contribution in [2.45, 2.75) is 82.3 Å². The minimum Gasteiger partial charge on any atom is -0.481 e. The Morgan fingerprint density at radius 2 is 1.41 bits per heavy atom. The molecule has 4 rings (SSSR count). The van der Waals surface area contributed by atoms with Gasteiger partial charge in [-0.2, -0.15) is 0 Å². The number of benzene rings is 3. The van der Waals surface area contributed by atoms with Crippen LogP contribution >= 0.6 is 0 Å². The number of likely N-dealkylation sites (tertiary alicyclic amines) is 1. The van der Waals surface area contributed by atoms with Gasteiger partial charge in [-0.3, -0.25) is 38.4 Å². The molecule has 342 valence electrons. The largest absolute Gasteiger partial charge is 0.481 e. The van der Waals surface area contributed by atoms with E-state index in [1.54, 1.807) is 55.5 Å². The van der Waals surface area contributed by atoms with E-state index in [2.05, 4.69) is 16.0 Å². The number of nitrogens with one attached hydrogen (secondary N) is 4. The van der Waals surface area contributed by atoms with Crippen molar-refractivity contribution in [2.24, 2.45) is 5.73 Å². The van der Waals surface area contributed by atoms with Gasteiger partial charge < -0.3 is 46.9 Å². The summed E-state index contributed by atoms with van der Waals surface area (Å²) in [4.78, 5) is 117. The summed E-state index contributed by atoms with van der Waals surface area (Å²) < 4.78 is 63.8. The van der Waals surface area contributed by atoms with Crippen LogP contribution in [0.1, 0.15) is 83.3 Å². The molecule has 2 unspecified atom stereocenters. The first-order valence-electron chi connectivity index (χ1n) is 19.7. The molecular formula is C42H44F4N6O12. The molecule has 5 atom stereocenters. The molecule has 18 nitrogen and oxygen atoms in total. The van der Waals surface area contributed by atoms with Gasteiger partial charge in [0.05, 0.1) is 30.9 Å². The van der Waals surface area contributed by atoms with Gasteiger partial charge in [0.15, 0.2) is 23.3 Å². The van der Waals surface area contributed by atoms with Crippen LogP contribution in [0.3, 0.4) is 0 Å². The number of ether oxygens (including phenoxy) is 1. The number of nitrogens with two attached hydrogens (primary N) is 1. The van der Waals surface area contributed by atoms with Crippen LogP contribution in [0.15, 0.2) is 60.7 Å². The topological polar surface area (TPSA) is 281 Å². The number of aromatic carboxylic acids is 1. The van der Waals surface area contributed by atoms with Crippen molar-refractivity contribution in [3.8, 4) is 0 Å². The molecule has 0 saturated carbocycles. The molecule has 3 aromatic rings. The highest BCUT2D eigenvalue weighted by molar-refractivity contribution is 6.38. The van der Waals surface area contributed by atoms with Gasteiger partial charge in [-0.05, 0) is 30.4 Å². The molecule has 3 aromatic carbocycles. The first-order valence-corrected chi connectivity index (χ1v) is 19.7. The maximum atomic E-state index is 15.0. The molecular weight excluding hydrogens is 856 g/mol. The zero-order valence-corrected chi connectivity index (χ0v) is 34.0. The summed E-state index contributed by atoms with van der Waals surface area (Å²) in [7, 11) is 0. The number of Topliss-reactive ketones (excluding diaryl/α,β-unsaturated/α-hetero) is 1. The third-order valence-corrected chi connectivity index (χ3v) is 9.94. The lowest BCUT2D eigenvalue weighted by Crippen LogP contribution is -2.56. The van der Waals surface area contributed by atoms with Crippen LogP contribution in [-0.2, 0) is 44.9 Å². The summed E-state index contributed by atoms with van der Waals surface area (Å²) >= 11 is 0. The van der Waals surface area contributed by atoms with Gasteiger partial charge in [-0.25, -0.2) is 22.4 Å². The molecule has 1 saturated heterocycles. The summed E-state index contributed by atoms with van der Waals surface area (Å²) in [5, 5.41) is 27.6. The number of hydrogen-bond donors (Lipinski definition) is 7. The number of primary amides is 1. The van der Waals surface area contributed by atoms with Crippen molar-refractivity contribution in [3.05, 3.63) is 106 Å². The third kappa shape index (κ3) is 12.7. The second-order valence-corrected chi connectivity index (χ2v) is 14.5. The monoisotopic (exact) mass is 900 g/mol. The standard InChI is InChI=1S/C42H44F4N6O12/c1-2-10-24(36(56)40(60)48-18-27(53)51-35(37(47)57)22-13-7-4-8-14-22)49-38(58)26-17-23(64-20-21-11-5-3-6-12-21)19-52(26)41(61)25(15-9-16-28(54)55)50-39(59)29-30(42(62)63)32(44)34(46)33(45)31(29)43/h3-8,11-14,23-26,35H,2,9-10,15-20H2,1H3,(H2,47,57)(H,48,60)(H,49,58)(H,50,59)(H,51,53)(H,54,55)(H,62,63)/t23-,24?,25+,26+,35?/m1/s1. The molecule has 22 heteroatoms. The Kier molecular flexibility index (Phi) is 17.6. The molecule has 64 heavy (non-hydrogen) atoms. The van der Waals surface area contributed by atoms with Crippen LogP contribution in [0.5, 0.6) is 0 Å². The van der Waals surface area contributed by atoms with Crippen LogP contribution in [0.25, 0.3) is 0 Å². The number of carbonyl (C=O) groups excluding carboxylic acids is 7. The molecule has 1 aliphatic heterocycles. The highest BCUT2D eigenvalue weighted by Gasteiger charge is 2.44. The van der Waals surface area contributed by atoms with Crippen molar-refractivity contribution < 1.29 is 75.7 Å². The third-order valence-electron chi connectivity index (χ3n) is 9.94. The molecule has 1 aliphatic rings. The normalized spacial score (nSPS) is 15.9. The highest BCUT2D eigenvalue weighted by Crippen LogP contribution is 2.27. The van der Waals surface area contributed by atoms with Gasteiger partial charge in [0, 0.05) is 19.4 Å². The smallest absolute Gasteiger partial charge is 0.339 e. The van der Waals surface area contributed by atoms with Crippen LogP contribution in [-0.4, -0.2) is 106 Å². The van der Waals surface area contributed by atoms with E-state index >= 15 is 0 Å². The molecule has 1 heterocycles. The molecule has 6 amide bonds. The molecule has 0 spiro atoms. The molecule has 0 radical (unpaired) electrons. The first-order chi connectivity index (χ1) is 30.4. The van der Waals surface area contributed by atoms with E-state index in [4.69, 9.17) is 10.5 Å². The van der Waals surface area contributed by atoms with E-state index in [9.17, 15) is 70.9 Å². The lowest BCUT2D eigenvalue weighted by molar-refractivity contribution is -0.143. The van der Waals surface area contributed by atoms with Crippen molar-refractivity contribution in [1.82, 2.24) is 26.2 Å². The van der Waals surface area contributed by atoms with Gasteiger partial charge >= 0.3 is 11.9 Å². The molecule has 8 N–H and O–H groups in total. The Morgan fingerprint density at radius 3 is 1.98 bits per heavy atom. The predicted molar refractivity (Wildman–Crippen MR) is 212 cm³/mol. The number of hydrogen-bond acceptors (Lipinski definition) is 10. The Labute approximate surface area is 361 Å². The summed E-state index contributed by atoms with van der Waals surface area (Å²) in [6.07, 6.45) is -2.68.